The number of H-pyrrole nitrogens is 1. The molecule has 0 radical (unpaired) electrons. The molecule has 3 amide bonds. The fourth-order valence-electron chi connectivity index (χ4n) is 5.46. The van der Waals surface area contributed by atoms with Crippen molar-refractivity contribution in [2.45, 2.75) is 44.3 Å². The minimum absolute atomic E-state index is 0.0352. The Morgan fingerprint density at radius 2 is 1.90 bits per heavy atom. The summed E-state index contributed by atoms with van der Waals surface area (Å²) in [7, 11) is 0. The van der Waals surface area contributed by atoms with Crippen LogP contribution in [0.2, 0.25) is 5.02 Å². The minimum atomic E-state index is -0.970. The first-order valence-electron chi connectivity index (χ1n) is 12.9. The lowest BCUT2D eigenvalue weighted by Gasteiger charge is -2.36. The Labute approximate surface area is 231 Å². The highest BCUT2D eigenvalue weighted by Gasteiger charge is 2.43. The highest BCUT2D eigenvalue weighted by Crippen LogP contribution is 2.33. The molecular formula is C30H30ClN5O3. The average Bonchev–Trinajstić information content (AvgIpc) is 3.39. The first-order chi connectivity index (χ1) is 18.8. The molecule has 3 N–H and O–H groups in total. The maximum Gasteiger partial charge on any atom is 0.250 e. The van der Waals surface area contributed by atoms with E-state index in [2.05, 4.69) is 9.97 Å². The van der Waals surface area contributed by atoms with Crippen molar-refractivity contribution >= 4 is 40.1 Å². The first-order valence-corrected chi connectivity index (χ1v) is 13.3. The summed E-state index contributed by atoms with van der Waals surface area (Å²) in [6, 6.07) is 18.6. The van der Waals surface area contributed by atoms with Crippen LogP contribution < -0.4 is 5.73 Å². The van der Waals surface area contributed by atoms with Crippen molar-refractivity contribution in [1.82, 2.24) is 19.8 Å². The summed E-state index contributed by atoms with van der Waals surface area (Å²) in [6.07, 6.45) is 3.96. The van der Waals surface area contributed by atoms with Crippen LogP contribution in [0.25, 0.3) is 10.8 Å². The van der Waals surface area contributed by atoms with E-state index in [4.69, 9.17) is 17.3 Å². The van der Waals surface area contributed by atoms with E-state index in [-0.39, 0.29) is 37.2 Å². The number of hydrogen-bond acceptors (Lipinski definition) is 4. The Morgan fingerprint density at radius 3 is 2.64 bits per heavy atom. The van der Waals surface area contributed by atoms with Crippen molar-refractivity contribution in [3.63, 3.8) is 0 Å². The first kappa shape index (κ1) is 26.4. The number of nitrogens with zero attached hydrogens (tertiary/aromatic N) is 3. The number of primary amides is 1. The van der Waals surface area contributed by atoms with Crippen LogP contribution in [0.4, 0.5) is 0 Å². The van der Waals surface area contributed by atoms with E-state index in [1.54, 1.807) is 40.3 Å². The second kappa shape index (κ2) is 11.3. The lowest BCUT2D eigenvalue weighted by Crippen LogP contribution is -2.52. The van der Waals surface area contributed by atoms with Crippen LogP contribution in [-0.4, -0.2) is 56.1 Å². The fourth-order valence-corrected chi connectivity index (χ4v) is 5.66. The van der Waals surface area contributed by atoms with Gasteiger partial charge in [0.2, 0.25) is 11.8 Å². The van der Waals surface area contributed by atoms with Gasteiger partial charge in [0.1, 0.15) is 12.1 Å². The normalized spacial score (nSPS) is 18.7. The molecule has 4 aromatic rings. The van der Waals surface area contributed by atoms with Crippen molar-refractivity contribution < 1.29 is 14.4 Å². The topological polar surface area (TPSA) is 112 Å². The molecule has 39 heavy (non-hydrogen) atoms. The number of nitrogens with two attached hydrogens (primary N) is 1. The summed E-state index contributed by atoms with van der Waals surface area (Å²) in [4.78, 5) is 51.2. The van der Waals surface area contributed by atoms with Crippen LogP contribution in [0, 0.1) is 0 Å². The highest BCUT2D eigenvalue weighted by atomic mass is 35.5. The highest BCUT2D eigenvalue weighted by molar-refractivity contribution is 6.30. The van der Waals surface area contributed by atoms with E-state index in [1.807, 2.05) is 49.4 Å². The zero-order valence-corrected chi connectivity index (χ0v) is 22.3. The molecule has 0 bridgehead atoms. The van der Waals surface area contributed by atoms with Gasteiger partial charge < -0.3 is 20.5 Å². The number of rotatable bonds is 7. The molecule has 1 saturated heterocycles. The molecule has 0 unspecified atom stereocenters. The Kier molecular flexibility index (Phi) is 7.65. The molecule has 1 fully saturated rings. The van der Waals surface area contributed by atoms with E-state index >= 15 is 0 Å². The maximum atomic E-state index is 14.4. The molecule has 0 spiro atoms. The molecule has 1 aromatic heterocycles. The molecule has 9 heteroatoms. The van der Waals surface area contributed by atoms with Crippen LogP contribution in [0.5, 0.6) is 0 Å². The number of amides is 3. The zero-order chi connectivity index (χ0) is 27.5. The van der Waals surface area contributed by atoms with Gasteiger partial charge in [-0.1, -0.05) is 66.2 Å². The van der Waals surface area contributed by atoms with Crippen LogP contribution in [-0.2, 0) is 27.2 Å². The second-order valence-corrected chi connectivity index (χ2v) is 10.4. The number of imidazole rings is 1. The van der Waals surface area contributed by atoms with E-state index in [1.165, 1.54) is 6.33 Å². The summed E-state index contributed by atoms with van der Waals surface area (Å²) in [6.45, 7) is 2.20. The molecule has 2 heterocycles. The monoisotopic (exact) mass is 543 g/mol. The number of hydrogen-bond donors (Lipinski definition) is 2. The molecule has 1 aliphatic rings. The SMILES string of the molecule is C[C@@H]1CCN([C@H](Cc2cccc3ccccc23)C(N)=O)C(=O)[C@H](c2cccc(Cl)c2)N1C(=O)Cc1c[nH]cn1. The molecule has 200 valence electrons. The van der Waals surface area contributed by atoms with E-state index in [0.717, 1.165) is 16.3 Å². The summed E-state index contributed by atoms with van der Waals surface area (Å²) >= 11 is 6.33. The Morgan fingerprint density at radius 1 is 1.13 bits per heavy atom. The predicted molar refractivity (Wildman–Crippen MR) is 150 cm³/mol. The largest absolute Gasteiger partial charge is 0.368 e. The number of halogens is 1. The number of nitrogens with one attached hydrogen (secondary N) is 1. The second-order valence-electron chi connectivity index (χ2n) is 9.93. The van der Waals surface area contributed by atoms with Gasteiger partial charge >= 0.3 is 0 Å². The van der Waals surface area contributed by atoms with Gasteiger partial charge in [0.05, 0.1) is 18.4 Å². The summed E-state index contributed by atoms with van der Waals surface area (Å²) in [5.74, 6) is -1.19. The molecule has 8 nitrogen and oxygen atoms in total. The molecular weight excluding hydrogens is 514 g/mol. The third-order valence-electron chi connectivity index (χ3n) is 7.40. The molecule has 3 aromatic carbocycles. The molecule has 1 aliphatic heterocycles. The van der Waals surface area contributed by atoms with Crippen LogP contribution >= 0.6 is 11.6 Å². The lowest BCUT2D eigenvalue weighted by atomic mass is 9.96. The number of benzene rings is 3. The molecule has 5 rings (SSSR count). The number of fused-ring (bicyclic) bond motifs is 1. The standard InChI is InChI=1S/C30H30ClN5O3/c1-19-12-13-35(26(29(32)38)15-21-8-4-7-20-6-2-3-11-25(20)21)30(39)28(22-9-5-10-23(31)14-22)36(19)27(37)16-24-17-33-18-34-24/h2-11,14,17-19,26,28H,12-13,15-16H2,1H3,(H2,32,38)(H,33,34)/t19-,26-,28+/m1/s1. The van der Waals surface area contributed by atoms with Crippen molar-refractivity contribution in [3.05, 3.63) is 101 Å². The van der Waals surface area contributed by atoms with Gasteiger partial charge in [-0.25, -0.2) is 4.98 Å². The number of carbonyl (C=O) groups excluding carboxylic acids is 3. The summed E-state index contributed by atoms with van der Waals surface area (Å²) in [5, 5.41) is 2.50. The van der Waals surface area contributed by atoms with Gasteiger partial charge in [0.15, 0.2) is 0 Å². The number of aromatic amines is 1. The van der Waals surface area contributed by atoms with Crippen molar-refractivity contribution in [2.75, 3.05) is 6.54 Å². The lowest BCUT2D eigenvalue weighted by molar-refractivity contribution is -0.148. The zero-order valence-electron chi connectivity index (χ0n) is 21.6. The van der Waals surface area contributed by atoms with Gasteiger partial charge in [0.25, 0.3) is 5.91 Å². The van der Waals surface area contributed by atoms with Crippen molar-refractivity contribution in [3.8, 4) is 0 Å². The van der Waals surface area contributed by atoms with Gasteiger partial charge in [-0.2, -0.15) is 0 Å². The van der Waals surface area contributed by atoms with Crippen molar-refractivity contribution in [2.24, 2.45) is 5.73 Å². The molecule has 3 atom stereocenters. The number of aromatic nitrogens is 2. The molecule has 0 saturated carbocycles. The Balaban J connectivity index is 1.54. The summed E-state index contributed by atoms with van der Waals surface area (Å²) < 4.78 is 0. The van der Waals surface area contributed by atoms with Crippen LogP contribution in [0.1, 0.15) is 36.2 Å². The van der Waals surface area contributed by atoms with Gasteiger partial charge in [-0.15, -0.1) is 0 Å². The van der Waals surface area contributed by atoms with Gasteiger partial charge in [0, 0.05) is 30.2 Å². The van der Waals surface area contributed by atoms with E-state index < -0.39 is 18.0 Å². The average molecular weight is 544 g/mol. The van der Waals surface area contributed by atoms with E-state index in [9.17, 15) is 14.4 Å². The smallest absolute Gasteiger partial charge is 0.250 e. The quantitative estimate of drug-likeness (QED) is 0.366. The Bertz CT molecular complexity index is 1500. The van der Waals surface area contributed by atoms with Gasteiger partial charge in [-0.3, -0.25) is 14.4 Å². The minimum Gasteiger partial charge on any atom is -0.368 e. The number of carbonyl (C=O) groups is 3. The van der Waals surface area contributed by atoms with E-state index in [0.29, 0.717) is 22.7 Å². The summed E-state index contributed by atoms with van der Waals surface area (Å²) in [5.41, 5.74) is 8.04. The van der Waals surface area contributed by atoms with Crippen LogP contribution in [0.3, 0.4) is 0 Å². The predicted octanol–water partition coefficient (Wildman–Crippen LogP) is 4.05. The van der Waals surface area contributed by atoms with Crippen molar-refractivity contribution in [1.29, 1.82) is 0 Å². The van der Waals surface area contributed by atoms with Crippen LogP contribution in [0.15, 0.2) is 79.3 Å². The molecule has 0 aliphatic carbocycles. The Hall–Kier alpha value is -4.17. The van der Waals surface area contributed by atoms with Gasteiger partial charge in [-0.05, 0) is 47.4 Å². The maximum absolute atomic E-state index is 14.4. The third-order valence-corrected chi connectivity index (χ3v) is 7.63. The third kappa shape index (κ3) is 5.52. The fraction of sp³-hybridized carbons (Fsp3) is 0.267.